The van der Waals surface area contributed by atoms with Gasteiger partial charge in [-0.05, 0) is 39.0 Å². The number of nitrogens with zero attached hydrogens (tertiary/aromatic N) is 3. The molecule has 28 heavy (non-hydrogen) atoms. The summed E-state index contributed by atoms with van der Waals surface area (Å²) >= 11 is 6.15. The molecule has 0 aliphatic rings. The summed E-state index contributed by atoms with van der Waals surface area (Å²) in [6.45, 7) is 5.36. The van der Waals surface area contributed by atoms with E-state index < -0.39 is 17.6 Å². The lowest BCUT2D eigenvalue weighted by molar-refractivity contribution is -0.137. The number of rotatable bonds is 4. The zero-order chi connectivity index (χ0) is 20.6. The summed E-state index contributed by atoms with van der Waals surface area (Å²) in [5.41, 5.74) is 0.928. The van der Waals surface area contributed by atoms with Gasteiger partial charge in [0, 0.05) is 11.3 Å². The van der Waals surface area contributed by atoms with Crippen molar-refractivity contribution in [2.45, 2.75) is 33.5 Å². The van der Waals surface area contributed by atoms with E-state index in [0.717, 1.165) is 12.1 Å². The Morgan fingerprint density at radius 1 is 1.29 bits per heavy atom. The number of carbonyl (C=O) groups is 1. The Hall–Kier alpha value is -2.81. The molecule has 10 heteroatoms. The monoisotopic (exact) mass is 412 g/mol. The first-order chi connectivity index (χ1) is 13.1. The standard InChI is InChI=1S/C18H16ClF3N4O2/c1-9-15(19)10(2)26(24-9)8-14-11(3)28-25-16(14)17(27)23-13-6-4-5-12(7-13)18(20,21)22/h4-7H,8H2,1-3H3,(H,23,27). The topological polar surface area (TPSA) is 73.0 Å². The van der Waals surface area contributed by atoms with Crippen LogP contribution in [0.4, 0.5) is 18.9 Å². The highest BCUT2D eigenvalue weighted by atomic mass is 35.5. The molecule has 3 rings (SSSR count). The van der Waals surface area contributed by atoms with Crippen molar-refractivity contribution < 1.29 is 22.5 Å². The molecule has 2 heterocycles. The van der Waals surface area contributed by atoms with E-state index in [1.165, 1.54) is 12.1 Å². The van der Waals surface area contributed by atoms with E-state index in [1.807, 2.05) is 0 Å². The van der Waals surface area contributed by atoms with Gasteiger partial charge in [0.25, 0.3) is 5.91 Å². The smallest absolute Gasteiger partial charge is 0.361 e. The summed E-state index contributed by atoms with van der Waals surface area (Å²) in [7, 11) is 0. The van der Waals surface area contributed by atoms with Crippen molar-refractivity contribution >= 4 is 23.2 Å². The quantitative estimate of drug-likeness (QED) is 0.670. The fourth-order valence-corrected chi connectivity index (χ4v) is 2.83. The number of carbonyl (C=O) groups excluding carboxylic acids is 1. The van der Waals surface area contributed by atoms with Gasteiger partial charge >= 0.3 is 6.18 Å². The average molecular weight is 413 g/mol. The van der Waals surface area contributed by atoms with Crippen molar-refractivity contribution in [1.82, 2.24) is 14.9 Å². The Morgan fingerprint density at radius 2 is 2.00 bits per heavy atom. The van der Waals surface area contributed by atoms with E-state index in [-0.39, 0.29) is 17.9 Å². The number of benzene rings is 1. The van der Waals surface area contributed by atoms with E-state index in [4.69, 9.17) is 16.1 Å². The summed E-state index contributed by atoms with van der Waals surface area (Å²) in [6.07, 6.45) is -4.51. The van der Waals surface area contributed by atoms with Crippen LogP contribution in [0, 0.1) is 20.8 Å². The van der Waals surface area contributed by atoms with Crippen molar-refractivity contribution in [3.05, 3.63) is 63.3 Å². The van der Waals surface area contributed by atoms with E-state index in [2.05, 4.69) is 15.6 Å². The maximum atomic E-state index is 12.8. The normalized spacial score (nSPS) is 11.7. The lowest BCUT2D eigenvalue weighted by Gasteiger charge is -2.10. The largest absolute Gasteiger partial charge is 0.416 e. The van der Waals surface area contributed by atoms with E-state index in [1.54, 1.807) is 25.5 Å². The molecule has 0 bridgehead atoms. The van der Waals surface area contributed by atoms with Crippen LogP contribution in [-0.4, -0.2) is 20.8 Å². The second kappa shape index (κ2) is 7.31. The highest BCUT2D eigenvalue weighted by Crippen LogP contribution is 2.31. The van der Waals surface area contributed by atoms with Crippen LogP contribution in [0.2, 0.25) is 5.02 Å². The molecule has 0 aliphatic carbocycles. The van der Waals surface area contributed by atoms with Crippen molar-refractivity contribution in [3.63, 3.8) is 0 Å². The summed E-state index contributed by atoms with van der Waals surface area (Å²) in [4.78, 5) is 12.6. The molecule has 6 nitrogen and oxygen atoms in total. The highest BCUT2D eigenvalue weighted by molar-refractivity contribution is 6.31. The zero-order valence-electron chi connectivity index (χ0n) is 15.2. The summed E-state index contributed by atoms with van der Waals surface area (Å²) in [5, 5.41) is 11.0. The SMILES string of the molecule is Cc1nn(Cc2c(C(=O)Nc3cccc(C(F)(F)F)c3)noc2C)c(C)c1Cl. The van der Waals surface area contributed by atoms with E-state index in [0.29, 0.717) is 27.7 Å². The fraction of sp³-hybridized carbons (Fsp3) is 0.278. The van der Waals surface area contributed by atoms with Gasteiger partial charge in [-0.15, -0.1) is 0 Å². The van der Waals surface area contributed by atoms with Crippen molar-refractivity contribution in [2.75, 3.05) is 5.32 Å². The predicted octanol–water partition coefficient (Wildman–Crippen LogP) is 4.77. The molecule has 0 saturated heterocycles. The summed E-state index contributed by atoms with van der Waals surface area (Å²) in [5.74, 6) is -0.281. The number of aromatic nitrogens is 3. The molecule has 0 radical (unpaired) electrons. The third-order valence-corrected chi connectivity index (χ3v) is 4.80. The van der Waals surface area contributed by atoms with E-state index >= 15 is 0 Å². The first-order valence-corrected chi connectivity index (χ1v) is 8.59. The minimum atomic E-state index is -4.51. The number of hydrogen-bond donors (Lipinski definition) is 1. The van der Waals surface area contributed by atoms with Crippen LogP contribution >= 0.6 is 11.6 Å². The van der Waals surface area contributed by atoms with Crippen LogP contribution in [0.1, 0.15) is 38.8 Å². The predicted molar refractivity (Wildman–Crippen MR) is 96.5 cm³/mol. The number of anilines is 1. The second-order valence-electron chi connectivity index (χ2n) is 6.24. The van der Waals surface area contributed by atoms with Gasteiger partial charge in [-0.2, -0.15) is 18.3 Å². The molecule has 3 aromatic rings. The van der Waals surface area contributed by atoms with Crippen LogP contribution in [0.25, 0.3) is 0 Å². The Labute approximate surface area is 163 Å². The third-order valence-electron chi connectivity index (χ3n) is 4.25. The van der Waals surface area contributed by atoms with Gasteiger partial charge in [0.05, 0.1) is 28.5 Å². The van der Waals surface area contributed by atoms with Gasteiger partial charge in [-0.1, -0.05) is 22.8 Å². The molecule has 0 fully saturated rings. The fourth-order valence-electron chi connectivity index (χ4n) is 2.70. The second-order valence-corrected chi connectivity index (χ2v) is 6.62. The maximum absolute atomic E-state index is 12.8. The number of nitrogens with one attached hydrogen (secondary N) is 1. The Balaban J connectivity index is 1.87. The van der Waals surface area contributed by atoms with Crippen LogP contribution in [-0.2, 0) is 12.7 Å². The molecular weight excluding hydrogens is 397 g/mol. The van der Waals surface area contributed by atoms with Gasteiger partial charge in [-0.3, -0.25) is 9.48 Å². The molecule has 0 atom stereocenters. The lowest BCUT2D eigenvalue weighted by Crippen LogP contribution is -2.17. The van der Waals surface area contributed by atoms with Gasteiger partial charge < -0.3 is 9.84 Å². The molecule has 1 aromatic carbocycles. The molecule has 1 N–H and O–H groups in total. The molecule has 2 aromatic heterocycles. The number of halogens is 4. The zero-order valence-corrected chi connectivity index (χ0v) is 15.9. The van der Waals surface area contributed by atoms with E-state index in [9.17, 15) is 18.0 Å². The van der Waals surface area contributed by atoms with Gasteiger partial charge in [0.2, 0.25) is 0 Å². The Bertz CT molecular complexity index is 1040. The van der Waals surface area contributed by atoms with Crippen molar-refractivity contribution in [2.24, 2.45) is 0 Å². The third kappa shape index (κ3) is 3.89. The molecular formula is C18H16ClF3N4O2. The molecule has 0 spiro atoms. The molecule has 0 saturated carbocycles. The number of amides is 1. The van der Waals surface area contributed by atoms with Crippen molar-refractivity contribution in [3.8, 4) is 0 Å². The average Bonchev–Trinajstić information content (AvgIpc) is 3.10. The molecule has 0 aliphatic heterocycles. The number of alkyl halides is 3. The Kier molecular flexibility index (Phi) is 5.20. The minimum absolute atomic E-state index is 0.000543. The first-order valence-electron chi connectivity index (χ1n) is 8.21. The van der Waals surface area contributed by atoms with Crippen LogP contribution in [0.3, 0.4) is 0 Å². The van der Waals surface area contributed by atoms with Crippen LogP contribution in [0.15, 0.2) is 28.8 Å². The summed E-state index contributed by atoms with van der Waals surface area (Å²) in [6, 6.07) is 4.35. The van der Waals surface area contributed by atoms with Crippen LogP contribution in [0.5, 0.6) is 0 Å². The summed E-state index contributed by atoms with van der Waals surface area (Å²) < 4.78 is 45.3. The molecule has 148 valence electrons. The van der Waals surface area contributed by atoms with Gasteiger partial charge in [-0.25, -0.2) is 0 Å². The number of aryl methyl sites for hydroxylation is 2. The molecule has 1 amide bonds. The van der Waals surface area contributed by atoms with Gasteiger partial charge in [0.15, 0.2) is 5.69 Å². The van der Waals surface area contributed by atoms with Crippen molar-refractivity contribution in [1.29, 1.82) is 0 Å². The van der Waals surface area contributed by atoms with Crippen LogP contribution < -0.4 is 5.32 Å². The van der Waals surface area contributed by atoms with Gasteiger partial charge in [0.1, 0.15) is 5.76 Å². The number of hydrogen-bond acceptors (Lipinski definition) is 4. The lowest BCUT2D eigenvalue weighted by atomic mass is 10.1. The minimum Gasteiger partial charge on any atom is -0.361 e. The highest BCUT2D eigenvalue weighted by Gasteiger charge is 2.30. The molecule has 0 unspecified atom stereocenters. The first kappa shape index (κ1) is 19.9. The Morgan fingerprint density at radius 3 is 2.61 bits per heavy atom. The maximum Gasteiger partial charge on any atom is 0.416 e.